The third-order valence-corrected chi connectivity index (χ3v) is 3.36. The minimum atomic E-state index is -0.389. The molecule has 5 heteroatoms. The second kappa shape index (κ2) is 7.97. The number of halogens is 1. The number of nitrogens with one attached hydrogen (secondary N) is 1. The summed E-state index contributed by atoms with van der Waals surface area (Å²) in [7, 11) is 1.37. The van der Waals surface area contributed by atoms with Crippen molar-refractivity contribution in [2.24, 2.45) is 0 Å². The monoisotopic (exact) mass is 271 g/mol. The first-order valence-corrected chi connectivity index (χ1v) is 7.00. The van der Waals surface area contributed by atoms with Crippen molar-refractivity contribution in [3.05, 3.63) is 30.1 Å². The highest BCUT2D eigenvalue weighted by atomic mass is 32.2. The van der Waals surface area contributed by atoms with Crippen molar-refractivity contribution in [2.45, 2.75) is 19.4 Å². The predicted octanol–water partition coefficient (Wildman–Crippen LogP) is 2.92. The van der Waals surface area contributed by atoms with Crippen LogP contribution in [0.5, 0.6) is 0 Å². The summed E-state index contributed by atoms with van der Waals surface area (Å²) < 4.78 is 17.5. The van der Waals surface area contributed by atoms with E-state index in [0.717, 1.165) is 11.5 Å². The van der Waals surface area contributed by atoms with E-state index in [1.807, 2.05) is 0 Å². The van der Waals surface area contributed by atoms with Gasteiger partial charge in [-0.1, -0.05) is 6.92 Å². The topological polar surface area (TPSA) is 38.3 Å². The number of methoxy groups -OCH3 is 1. The lowest BCUT2D eigenvalue weighted by molar-refractivity contribution is -0.141. The fourth-order valence-electron chi connectivity index (χ4n) is 1.48. The van der Waals surface area contributed by atoms with Crippen LogP contribution >= 0.6 is 11.8 Å². The van der Waals surface area contributed by atoms with Crippen molar-refractivity contribution in [3.63, 3.8) is 0 Å². The highest BCUT2D eigenvalue weighted by molar-refractivity contribution is 7.99. The Labute approximate surface area is 111 Å². The van der Waals surface area contributed by atoms with Crippen LogP contribution in [0.3, 0.4) is 0 Å². The lowest BCUT2D eigenvalue weighted by Crippen LogP contribution is -2.31. The summed E-state index contributed by atoms with van der Waals surface area (Å²) in [5.74, 6) is 1.31. The third kappa shape index (κ3) is 4.96. The normalized spacial score (nSPS) is 11.9. The molecule has 0 saturated heterocycles. The van der Waals surface area contributed by atoms with Gasteiger partial charge in [0, 0.05) is 5.69 Å². The molecule has 0 heterocycles. The molecular formula is C13H18FNO2S. The van der Waals surface area contributed by atoms with Gasteiger partial charge in [-0.05, 0) is 42.2 Å². The molecule has 0 aromatic heterocycles. The van der Waals surface area contributed by atoms with Gasteiger partial charge in [0.05, 0.1) is 7.11 Å². The minimum absolute atomic E-state index is 0.295. The number of anilines is 1. The average Bonchev–Trinajstić information content (AvgIpc) is 2.39. The van der Waals surface area contributed by atoms with E-state index in [1.54, 1.807) is 23.9 Å². The number of hydrogen-bond donors (Lipinski definition) is 1. The Kier molecular flexibility index (Phi) is 6.57. The van der Waals surface area contributed by atoms with E-state index >= 15 is 0 Å². The summed E-state index contributed by atoms with van der Waals surface area (Å²) in [4.78, 5) is 11.6. The highest BCUT2D eigenvalue weighted by Gasteiger charge is 2.18. The first-order valence-electron chi connectivity index (χ1n) is 5.85. The molecule has 0 aliphatic rings. The van der Waals surface area contributed by atoms with Gasteiger partial charge in [0.25, 0.3) is 0 Å². The van der Waals surface area contributed by atoms with Crippen molar-refractivity contribution in [2.75, 3.05) is 23.9 Å². The molecule has 100 valence electrons. The van der Waals surface area contributed by atoms with Gasteiger partial charge in [-0.3, -0.25) is 0 Å². The molecule has 0 aliphatic carbocycles. The quantitative estimate of drug-likeness (QED) is 0.611. The minimum Gasteiger partial charge on any atom is -0.467 e. The summed E-state index contributed by atoms with van der Waals surface area (Å²) in [5, 5.41) is 3.06. The third-order valence-electron chi connectivity index (χ3n) is 2.43. The van der Waals surface area contributed by atoms with E-state index in [1.165, 1.54) is 19.2 Å². The summed E-state index contributed by atoms with van der Waals surface area (Å²) in [5.41, 5.74) is 0.716. The largest absolute Gasteiger partial charge is 0.467 e. The standard InChI is InChI=1S/C13H18FNO2S/c1-3-18-9-8-12(13(16)17-2)15-11-6-4-10(14)5-7-11/h4-7,12,15H,3,8-9H2,1-2H3. The fraction of sp³-hybridized carbons (Fsp3) is 0.462. The van der Waals surface area contributed by atoms with Crippen molar-refractivity contribution in [1.29, 1.82) is 0 Å². The van der Waals surface area contributed by atoms with Gasteiger partial charge >= 0.3 is 5.97 Å². The van der Waals surface area contributed by atoms with Crippen molar-refractivity contribution in [3.8, 4) is 0 Å². The summed E-state index contributed by atoms with van der Waals surface area (Å²) in [6.45, 7) is 2.07. The van der Waals surface area contributed by atoms with E-state index in [2.05, 4.69) is 12.2 Å². The molecule has 3 nitrogen and oxygen atoms in total. The van der Waals surface area contributed by atoms with Crippen molar-refractivity contribution < 1.29 is 13.9 Å². The second-order valence-electron chi connectivity index (χ2n) is 3.71. The summed E-state index contributed by atoms with van der Waals surface area (Å²) >= 11 is 1.77. The molecule has 0 fully saturated rings. The Morgan fingerprint density at radius 2 is 2.11 bits per heavy atom. The number of hydrogen-bond acceptors (Lipinski definition) is 4. The van der Waals surface area contributed by atoms with E-state index in [-0.39, 0.29) is 17.8 Å². The number of ether oxygens (including phenoxy) is 1. The molecule has 0 bridgehead atoms. The summed E-state index contributed by atoms with van der Waals surface area (Å²) in [6, 6.07) is 5.55. The van der Waals surface area contributed by atoms with Crippen LogP contribution in [0.4, 0.5) is 10.1 Å². The van der Waals surface area contributed by atoms with Crippen LogP contribution in [0.15, 0.2) is 24.3 Å². The van der Waals surface area contributed by atoms with Crippen LogP contribution in [0, 0.1) is 5.82 Å². The maximum Gasteiger partial charge on any atom is 0.328 e. The van der Waals surface area contributed by atoms with Gasteiger partial charge < -0.3 is 10.1 Å². The maximum atomic E-state index is 12.8. The van der Waals surface area contributed by atoms with Crippen molar-refractivity contribution in [1.82, 2.24) is 0 Å². The number of rotatable bonds is 7. The molecule has 0 spiro atoms. The SMILES string of the molecule is CCSCCC(Nc1ccc(F)cc1)C(=O)OC. The number of benzene rings is 1. The van der Waals surface area contributed by atoms with Crippen LogP contribution in [0.1, 0.15) is 13.3 Å². The molecule has 1 unspecified atom stereocenters. The Balaban J connectivity index is 2.59. The lowest BCUT2D eigenvalue weighted by atomic mass is 10.2. The first-order chi connectivity index (χ1) is 8.67. The smallest absolute Gasteiger partial charge is 0.328 e. The summed E-state index contributed by atoms with van der Waals surface area (Å²) in [6.07, 6.45) is 0.683. The molecule has 18 heavy (non-hydrogen) atoms. The molecule has 1 aromatic rings. The maximum absolute atomic E-state index is 12.8. The van der Waals surface area contributed by atoms with Gasteiger partial charge in [-0.25, -0.2) is 9.18 Å². The molecule has 1 rings (SSSR count). The molecule has 0 saturated carbocycles. The van der Waals surface area contributed by atoms with Gasteiger partial charge in [-0.2, -0.15) is 11.8 Å². The Morgan fingerprint density at radius 3 is 2.67 bits per heavy atom. The van der Waals surface area contributed by atoms with Crippen LogP contribution in [0.25, 0.3) is 0 Å². The molecule has 0 amide bonds. The number of carbonyl (C=O) groups is 1. The van der Waals surface area contributed by atoms with E-state index in [9.17, 15) is 9.18 Å². The number of esters is 1. The van der Waals surface area contributed by atoms with Gasteiger partial charge in [-0.15, -0.1) is 0 Å². The zero-order valence-corrected chi connectivity index (χ0v) is 11.4. The van der Waals surface area contributed by atoms with Crippen LogP contribution in [-0.4, -0.2) is 30.6 Å². The van der Waals surface area contributed by atoms with Crippen LogP contribution in [-0.2, 0) is 9.53 Å². The van der Waals surface area contributed by atoms with Gasteiger partial charge in [0.2, 0.25) is 0 Å². The fourth-order valence-corrected chi connectivity index (χ4v) is 2.18. The number of thioether (sulfide) groups is 1. The van der Waals surface area contributed by atoms with Crippen LogP contribution in [0.2, 0.25) is 0 Å². The van der Waals surface area contributed by atoms with Crippen molar-refractivity contribution >= 4 is 23.4 Å². The second-order valence-corrected chi connectivity index (χ2v) is 5.11. The molecule has 0 radical (unpaired) electrons. The zero-order valence-electron chi connectivity index (χ0n) is 10.6. The van der Waals surface area contributed by atoms with Gasteiger partial charge in [0.15, 0.2) is 0 Å². The zero-order chi connectivity index (χ0) is 13.4. The lowest BCUT2D eigenvalue weighted by Gasteiger charge is -2.17. The molecule has 1 N–H and O–H groups in total. The van der Waals surface area contributed by atoms with E-state index in [4.69, 9.17) is 4.74 Å². The van der Waals surface area contributed by atoms with E-state index in [0.29, 0.717) is 12.1 Å². The average molecular weight is 271 g/mol. The van der Waals surface area contributed by atoms with Crippen LogP contribution < -0.4 is 5.32 Å². The Morgan fingerprint density at radius 1 is 1.44 bits per heavy atom. The first kappa shape index (κ1) is 14.8. The number of carbonyl (C=O) groups excluding carboxylic acids is 1. The molecule has 1 aromatic carbocycles. The highest BCUT2D eigenvalue weighted by Crippen LogP contribution is 2.13. The molecule has 1 atom stereocenters. The molecular weight excluding hydrogens is 253 g/mol. The van der Waals surface area contributed by atoms with E-state index < -0.39 is 0 Å². The molecule has 0 aliphatic heterocycles. The van der Waals surface area contributed by atoms with Gasteiger partial charge in [0.1, 0.15) is 11.9 Å². The predicted molar refractivity (Wildman–Crippen MR) is 73.4 cm³/mol. The Bertz CT molecular complexity index is 370. The Hall–Kier alpha value is -1.23.